The summed E-state index contributed by atoms with van der Waals surface area (Å²) in [5, 5.41) is 6.70. The van der Waals surface area contributed by atoms with Crippen LogP contribution < -0.4 is 5.32 Å². The molecule has 0 saturated carbocycles. The van der Waals surface area contributed by atoms with Crippen molar-refractivity contribution in [2.75, 3.05) is 7.05 Å². The van der Waals surface area contributed by atoms with Gasteiger partial charge in [0.05, 0.1) is 5.69 Å². The summed E-state index contributed by atoms with van der Waals surface area (Å²) in [6, 6.07) is 11.1. The topological polar surface area (TPSA) is 24.9 Å². The van der Waals surface area contributed by atoms with Gasteiger partial charge in [0.1, 0.15) is 5.01 Å². The highest BCUT2D eigenvalue weighted by molar-refractivity contribution is 7.09. The normalized spacial score (nSPS) is 13.4. The van der Waals surface area contributed by atoms with Gasteiger partial charge >= 0.3 is 0 Å². The Bertz CT molecular complexity index is 529. The minimum Gasteiger partial charge on any atom is -0.312 e. The maximum absolute atomic E-state index is 4.93. The van der Waals surface area contributed by atoms with Gasteiger partial charge in [-0.1, -0.05) is 44.2 Å². The second kappa shape index (κ2) is 6.51. The van der Waals surface area contributed by atoms with Crippen molar-refractivity contribution in [3.05, 3.63) is 52.0 Å². The van der Waals surface area contributed by atoms with E-state index in [9.17, 15) is 0 Å². The van der Waals surface area contributed by atoms with Crippen LogP contribution in [0.5, 0.6) is 0 Å². The van der Waals surface area contributed by atoms with Crippen LogP contribution in [0.25, 0.3) is 0 Å². The summed E-state index contributed by atoms with van der Waals surface area (Å²) in [6.45, 7) is 6.68. The SMILES string of the molecule is CCC(CC)(c1ccccc1)c1nc(C(C)NC)cs1. The second-order valence-electron chi connectivity index (χ2n) is 5.24. The average molecular weight is 288 g/mol. The number of hydrogen-bond acceptors (Lipinski definition) is 3. The number of aromatic nitrogens is 1. The molecule has 2 rings (SSSR count). The smallest absolute Gasteiger partial charge is 0.103 e. The lowest BCUT2D eigenvalue weighted by molar-refractivity contribution is 0.472. The second-order valence-corrected chi connectivity index (χ2v) is 6.10. The Hall–Kier alpha value is -1.19. The van der Waals surface area contributed by atoms with Gasteiger partial charge in [-0.2, -0.15) is 0 Å². The predicted octanol–water partition coefficient (Wildman–Crippen LogP) is 4.53. The fraction of sp³-hybridized carbons (Fsp3) is 0.471. The average Bonchev–Trinajstić information content (AvgIpc) is 3.00. The van der Waals surface area contributed by atoms with Crippen LogP contribution >= 0.6 is 11.3 Å². The van der Waals surface area contributed by atoms with E-state index in [-0.39, 0.29) is 5.41 Å². The van der Waals surface area contributed by atoms with E-state index in [0.717, 1.165) is 18.5 Å². The highest BCUT2D eigenvalue weighted by Crippen LogP contribution is 2.40. The molecule has 1 heterocycles. The molecule has 0 radical (unpaired) electrons. The molecule has 0 aliphatic rings. The number of benzene rings is 1. The molecule has 1 unspecified atom stereocenters. The molecule has 1 N–H and O–H groups in total. The monoisotopic (exact) mass is 288 g/mol. The lowest BCUT2D eigenvalue weighted by atomic mass is 9.76. The zero-order valence-electron chi connectivity index (χ0n) is 12.8. The van der Waals surface area contributed by atoms with E-state index in [0.29, 0.717) is 6.04 Å². The predicted molar refractivity (Wildman–Crippen MR) is 87.4 cm³/mol. The standard InChI is InChI=1S/C17H24N2S/c1-5-17(6-2,14-10-8-7-9-11-14)16-19-15(12-20-16)13(3)18-4/h7-13,18H,5-6H2,1-4H3. The van der Waals surface area contributed by atoms with Gasteiger partial charge in [-0.3, -0.25) is 0 Å². The van der Waals surface area contributed by atoms with Crippen molar-refractivity contribution in [1.82, 2.24) is 10.3 Å². The Morgan fingerprint density at radius 3 is 2.40 bits per heavy atom. The van der Waals surface area contributed by atoms with E-state index in [4.69, 9.17) is 4.98 Å². The van der Waals surface area contributed by atoms with Crippen molar-refractivity contribution in [1.29, 1.82) is 0 Å². The number of hydrogen-bond donors (Lipinski definition) is 1. The van der Waals surface area contributed by atoms with Crippen molar-refractivity contribution >= 4 is 11.3 Å². The van der Waals surface area contributed by atoms with Crippen LogP contribution in [0.3, 0.4) is 0 Å². The molecule has 3 heteroatoms. The lowest BCUT2D eigenvalue weighted by Gasteiger charge is -2.30. The van der Waals surface area contributed by atoms with Gasteiger partial charge in [-0.15, -0.1) is 11.3 Å². The van der Waals surface area contributed by atoms with Gasteiger partial charge < -0.3 is 5.32 Å². The number of thiazole rings is 1. The van der Waals surface area contributed by atoms with Gasteiger partial charge in [0.15, 0.2) is 0 Å². The van der Waals surface area contributed by atoms with E-state index in [1.54, 1.807) is 11.3 Å². The molecule has 0 bridgehead atoms. The Kier molecular flexibility index (Phi) is 4.95. The van der Waals surface area contributed by atoms with Crippen molar-refractivity contribution in [3.8, 4) is 0 Å². The summed E-state index contributed by atoms with van der Waals surface area (Å²) >= 11 is 1.79. The first-order valence-electron chi connectivity index (χ1n) is 7.36. The van der Waals surface area contributed by atoms with Crippen LogP contribution in [-0.4, -0.2) is 12.0 Å². The Morgan fingerprint density at radius 2 is 1.85 bits per heavy atom. The summed E-state index contributed by atoms with van der Waals surface area (Å²) in [5.41, 5.74) is 2.58. The minimum atomic E-state index is 0.0532. The lowest BCUT2D eigenvalue weighted by Crippen LogP contribution is -2.26. The summed E-state index contributed by atoms with van der Waals surface area (Å²) in [6.07, 6.45) is 2.16. The van der Waals surface area contributed by atoms with Gasteiger partial charge in [0, 0.05) is 16.8 Å². The largest absolute Gasteiger partial charge is 0.312 e. The first-order valence-corrected chi connectivity index (χ1v) is 8.24. The summed E-state index contributed by atoms with van der Waals surface area (Å²) in [7, 11) is 1.98. The first-order chi connectivity index (χ1) is 9.67. The zero-order chi connectivity index (χ0) is 14.6. The van der Waals surface area contributed by atoms with Crippen LogP contribution in [0.15, 0.2) is 35.7 Å². The number of rotatable bonds is 6. The van der Waals surface area contributed by atoms with Crippen LogP contribution in [0.4, 0.5) is 0 Å². The van der Waals surface area contributed by atoms with E-state index in [1.807, 2.05) is 7.05 Å². The first kappa shape index (κ1) is 15.2. The van der Waals surface area contributed by atoms with Gasteiger partial charge in [0.25, 0.3) is 0 Å². The van der Waals surface area contributed by atoms with Crippen molar-refractivity contribution in [2.45, 2.75) is 45.1 Å². The Balaban J connectivity index is 2.46. The molecule has 0 fully saturated rings. The molecule has 2 nitrogen and oxygen atoms in total. The van der Waals surface area contributed by atoms with E-state index < -0.39 is 0 Å². The molecule has 0 saturated heterocycles. The molecule has 1 aromatic carbocycles. The highest BCUT2D eigenvalue weighted by atomic mass is 32.1. The quantitative estimate of drug-likeness (QED) is 0.844. The van der Waals surface area contributed by atoms with Crippen LogP contribution in [0.1, 0.15) is 55.9 Å². The van der Waals surface area contributed by atoms with Gasteiger partial charge in [0.2, 0.25) is 0 Å². The molecule has 2 aromatic rings. The third kappa shape index (κ3) is 2.65. The van der Waals surface area contributed by atoms with Crippen molar-refractivity contribution < 1.29 is 0 Å². The number of nitrogens with zero attached hydrogens (tertiary/aromatic N) is 1. The molecule has 108 valence electrons. The summed E-state index contributed by atoms with van der Waals surface area (Å²) in [5.74, 6) is 0. The van der Waals surface area contributed by atoms with Crippen molar-refractivity contribution in [3.63, 3.8) is 0 Å². The third-order valence-electron chi connectivity index (χ3n) is 4.34. The van der Waals surface area contributed by atoms with Crippen molar-refractivity contribution in [2.24, 2.45) is 0 Å². The zero-order valence-corrected chi connectivity index (χ0v) is 13.6. The maximum Gasteiger partial charge on any atom is 0.103 e. The van der Waals surface area contributed by atoms with Crippen LogP contribution in [0, 0.1) is 0 Å². The number of nitrogens with one attached hydrogen (secondary N) is 1. The molecule has 0 spiro atoms. The molecular formula is C17H24N2S. The fourth-order valence-electron chi connectivity index (χ4n) is 2.69. The highest BCUT2D eigenvalue weighted by Gasteiger charge is 2.33. The van der Waals surface area contributed by atoms with E-state index >= 15 is 0 Å². The molecule has 20 heavy (non-hydrogen) atoms. The Morgan fingerprint density at radius 1 is 1.20 bits per heavy atom. The van der Waals surface area contributed by atoms with Gasteiger partial charge in [-0.25, -0.2) is 4.98 Å². The van der Waals surface area contributed by atoms with Gasteiger partial charge in [-0.05, 0) is 32.4 Å². The molecule has 0 aliphatic carbocycles. The molecule has 1 atom stereocenters. The Labute approximate surface area is 126 Å². The fourth-order valence-corrected chi connectivity index (χ4v) is 3.97. The molecule has 0 amide bonds. The maximum atomic E-state index is 4.93. The molecular weight excluding hydrogens is 264 g/mol. The van der Waals surface area contributed by atoms with Crippen LogP contribution in [-0.2, 0) is 5.41 Å². The van der Waals surface area contributed by atoms with Crippen LogP contribution in [0.2, 0.25) is 0 Å². The summed E-state index contributed by atoms with van der Waals surface area (Å²) < 4.78 is 0. The summed E-state index contributed by atoms with van der Waals surface area (Å²) in [4.78, 5) is 4.93. The third-order valence-corrected chi connectivity index (χ3v) is 5.41. The minimum absolute atomic E-state index is 0.0532. The van der Waals surface area contributed by atoms with E-state index in [1.165, 1.54) is 10.6 Å². The molecule has 1 aromatic heterocycles. The molecule has 0 aliphatic heterocycles. The van der Waals surface area contributed by atoms with E-state index in [2.05, 4.69) is 61.8 Å².